The highest BCUT2D eigenvalue weighted by Crippen LogP contribution is 2.28. The summed E-state index contributed by atoms with van der Waals surface area (Å²) in [5, 5.41) is 0.498. The number of hydrogen-bond donors (Lipinski definition) is 0. The van der Waals surface area contributed by atoms with E-state index in [-0.39, 0.29) is 5.56 Å². The van der Waals surface area contributed by atoms with E-state index in [0.29, 0.717) is 16.9 Å². The van der Waals surface area contributed by atoms with E-state index < -0.39 is 17.6 Å². The molecule has 1 unspecified atom stereocenters. The molecule has 0 amide bonds. The second-order valence-electron chi connectivity index (χ2n) is 3.80. The van der Waals surface area contributed by atoms with Crippen molar-refractivity contribution in [2.24, 2.45) is 0 Å². The maximum atomic E-state index is 13.6. The van der Waals surface area contributed by atoms with Gasteiger partial charge in [0.15, 0.2) is 0 Å². The molecule has 18 heavy (non-hydrogen) atoms. The van der Waals surface area contributed by atoms with Gasteiger partial charge >= 0.3 is 0 Å². The third-order valence-corrected chi connectivity index (χ3v) is 2.93. The lowest BCUT2D eigenvalue weighted by molar-refractivity contribution is -0.108. The maximum Gasteiger partial charge on any atom is 0.132 e. The molecule has 0 aliphatic carbocycles. The Morgan fingerprint density at radius 2 is 1.56 bits per heavy atom. The van der Waals surface area contributed by atoms with Crippen molar-refractivity contribution in [2.75, 3.05) is 0 Å². The zero-order valence-corrected chi connectivity index (χ0v) is 9.99. The molecule has 1 nitrogen and oxygen atoms in total. The van der Waals surface area contributed by atoms with Crippen LogP contribution in [0, 0.1) is 11.6 Å². The highest BCUT2D eigenvalue weighted by molar-refractivity contribution is 6.30. The first kappa shape index (κ1) is 12.7. The van der Waals surface area contributed by atoms with Crippen LogP contribution in [0.4, 0.5) is 8.78 Å². The summed E-state index contributed by atoms with van der Waals surface area (Å²) in [6.07, 6.45) is 0.519. The smallest absolute Gasteiger partial charge is 0.132 e. The monoisotopic (exact) mass is 266 g/mol. The normalized spacial score (nSPS) is 12.2. The van der Waals surface area contributed by atoms with E-state index in [2.05, 4.69) is 0 Å². The van der Waals surface area contributed by atoms with Crippen molar-refractivity contribution in [3.05, 3.63) is 70.2 Å². The molecule has 0 aliphatic heterocycles. The zero-order chi connectivity index (χ0) is 13.1. The first-order chi connectivity index (χ1) is 8.63. The fraction of sp³-hybridized carbons (Fsp3) is 0.0714. The molecule has 2 aromatic carbocycles. The highest BCUT2D eigenvalue weighted by Gasteiger charge is 2.21. The van der Waals surface area contributed by atoms with Crippen molar-refractivity contribution in [2.45, 2.75) is 5.92 Å². The van der Waals surface area contributed by atoms with Gasteiger partial charge in [0.2, 0.25) is 0 Å². The van der Waals surface area contributed by atoms with Gasteiger partial charge < -0.3 is 4.79 Å². The van der Waals surface area contributed by atoms with Crippen LogP contribution in [0.1, 0.15) is 17.0 Å². The summed E-state index contributed by atoms with van der Waals surface area (Å²) >= 11 is 5.73. The molecule has 1 atom stereocenters. The molecule has 0 fully saturated rings. The Bertz CT molecular complexity index is 546. The number of benzene rings is 2. The van der Waals surface area contributed by atoms with Gasteiger partial charge in [0, 0.05) is 10.6 Å². The van der Waals surface area contributed by atoms with Gasteiger partial charge in [-0.05, 0) is 29.8 Å². The minimum Gasteiger partial charge on any atom is -0.302 e. The Kier molecular flexibility index (Phi) is 3.72. The predicted octanol–water partition coefficient (Wildman–Crippen LogP) is 3.95. The molecular formula is C14H9ClF2O. The van der Waals surface area contributed by atoms with Crippen molar-refractivity contribution in [3.63, 3.8) is 0 Å². The molecule has 2 rings (SSSR count). The van der Waals surface area contributed by atoms with Crippen LogP contribution >= 0.6 is 11.6 Å². The first-order valence-corrected chi connectivity index (χ1v) is 5.66. The van der Waals surface area contributed by atoms with Gasteiger partial charge in [-0.15, -0.1) is 0 Å². The lowest BCUT2D eigenvalue weighted by Gasteiger charge is -2.13. The fourth-order valence-electron chi connectivity index (χ4n) is 1.79. The summed E-state index contributed by atoms with van der Waals surface area (Å²) in [4.78, 5) is 11.1. The summed E-state index contributed by atoms with van der Waals surface area (Å²) in [6, 6.07) is 9.83. The van der Waals surface area contributed by atoms with Crippen LogP contribution in [0.3, 0.4) is 0 Å². The van der Waals surface area contributed by atoms with E-state index in [9.17, 15) is 13.6 Å². The van der Waals surface area contributed by atoms with E-state index >= 15 is 0 Å². The molecule has 92 valence electrons. The third-order valence-electron chi connectivity index (χ3n) is 2.68. The number of halogens is 3. The molecule has 0 N–H and O–H groups in total. The van der Waals surface area contributed by atoms with Gasteiger partial charge in [-0.2, -0.15) is 0 Å². The largest absolute Gasteiger partial charge is 0.302 e. The van der Waals surface area contributed by atoms with Crippen molar-refractivity contribution in [3.8, 4) is 0 Å². The van der Waals surface area contributed by atoms with E-state index in [0.717, 1.165) is 12.1 Å². The summed E-state index contributed by atoms with van der Waals surface area (Å²) in [5.41, 5.74) is 0.258. The van der Waals surface area contributed by atoms with E-state index in [4.69, 9.17) is 11.6 Å². The van der Waals surface area contributed by atoms with Crippen LogP contribution < -0.4 is 0 Å². The summed E-state index contributed by atoms with van der Waals surface area (Å²) < 4.78 is 27.3. The predicted molar refractivity (Wildman–Crippen MR) is 65.7 cm³/mol. The standard InChI is InChI=1S/C14H9ClF2O/c15-10-6-4-9(5-7-10)11(8-18)14-12(16)2-1-3-13(14)17/h1-8,11H. The Hall–Kier alpha value is -1.74. The van der Waals surface area contributed by atoms with Crippen LogP contribution in [0.5, 0.6) is 0 Å². The van der Waals surface area contributed by atoms with Crippen molar-refractivity contribution >= 4 is 17.9 Å². The van der Waals surface area contributed by atoms with Gasteiger partial charge in [0.25, 0.3) is 0 Å². The Morgan fingerprint density at radius 3 is 2.06 bits per heavy atom. The minimum atomic E-state index is -0.969. The van der Waals surface area contributed by atoms with Gasteiger partial charge in [0.05, 0.1) is 5.92 Å². The first-order valence-electron chi connectivity index (χ1n) is 5.28. The quantitative estimate of drug-likeness (QED) is 0.769. The van der Waals surface area contributed by atoms with Crippen LogP contribution in [0.2, 0.25) is 5.02 Å². The molecule has 0 spiro atoms. The Balaban J connectivity index is 2.52. The molecule has 4 heteroatoms. The minimum absolute atomic E-state index is 0.241. The topological polar surface area (TPSA) is 17.1 Å². The average Bonchev–Trinajstić information content (AvgIpc) is 2.35. The SMILES string of the molecule is O=CC(c1ccc(Cl)cc1)c1c(F)cccc1F. The number of rotatable bonds is 3. The molecular weight excluding hydrogens is 258 g/mol. The molecule has 0 bridgehead atoms. The lowest BCUT2D eigenvalue weighted by atomic mass is 9.92. The number of hydrogen-bond acceptors (Lipinski definition) is 1. The Labute approximate surface area is 108 Å². The molecule has 0 aliphatic rings. The van der Waals surface area contributed by atoms with Crippen LogP contribution in [0.25, 0.3) is 0 Å². The summed E-state index contributed by atoms with van der Waals surface area (Å²) in [5.74, 6) is -2.44. The van der Waals surface area contributed by atoms with Crippen molar-refractivity contribution in [1.29, 1.82) is 0 Å². The number of carbonyl (C=O) groups excluding carboxylic acids is 1. The lowest BCUT2D eigenvalue weighted by Crippen LogP contribution is -2.07. The van der Waals surface area contributed by atoms with Crippen molar-refractivity contribution in [1.82, 2.24) is 0 Å². The molecule has 0 saturated carbocycles. The van der Waals surface area contributed by atoms with Gasteiger partial charge in [0.1, 0.15) is 17.9 Å². The van der Waals surface area contributed by atoms with Gasteiger partial charge in [-0.25, -0.2) is 8.78 Å². The molecule has 0 heterocycles. The molecule has 2 aromatic rings. The van der Waals surface area contributed by atoms with Crippen LogP contribution in [-0.4, -0.2) is 6.29 Å². The van der Waals surface area contributed by atoms with E-state index in [1.807, 2.05) is 0 Å². The second-order valence-corrected chi connectivity index (χ2v) is 4.24. The molecule has 0 saturated heterocycles. The zero-order valence-electron chi connectivity index (χ0n) is 9.24. The fourth-order valence-corrected chi connectivity index (χ4v) is 1.92. The number of aldehydes is 1. The molecule has 0 aromatic heterocycles. The van der Waals surface area contributed by atoms with Gasteiger partial charge in [-0.3, -0.25) is 0 Å². The van der Waals surface area contributed by atoms with Crippen molar-refractivity contribution < 1.29 is 13.6 Å². The van der Waals surface area contributed by atoms with E-state index in [1.54, 1.807) is 24.3 Å². The van der Waals surface area contributed by atoms with Gasteiger partial charge in [-0.1, -0.05) is 29.8 Å². The maximum absolute atomic E-state index is 13.6. The van der Waals surface area contributed by atoms with Crippen LogP contribution in [0.15, 0.2) is 42.5 Å². The van der Waals surface area contributed by atoms with E-state index in [1.165, 1.54) is 6.07 Å². The summed E-state index contributed by atoms with van der Waals surface area (Å²) in [6.45, 7) is 0. The number of carbonyl (C=O) groups is 1. The highest BCUT2D eigenvalue weighted by atomic mass is 35.5. The molecule has 0 radical (unpaired) electrons. The third kappa shape index (κ3) is 2.41. The Morgan fingerprint density at radius 1 is 1.00 bits per heavy atom. The second kappa shape index (κ2) is 5.27. The van der Waals surface area contributed by atoms with Crippen LogP contribution in [-0.2, 0) is 4.79 Å². The summed E-state index contributed by atoms with van der Waals surface area (Å²) in [7, 11) is 0. The average molecular weight is 267 g/mol.